The summed E-state index contributed by atoms with van der Waals surface area (Å²) in [6, 6.07) is 9.19. The van der Waals surface area contributed by atoms with E-state index in [-0.39, 0.29) is 19.0 Å². The van der Waals surface area contributed by atoms with E-state index in [0.29, 0.717) is 18.1 Å². The lowest BCUT2D eigenvalue weighted by atomic mass is 10.1. The number of esters is 1. The van der Waals surface area contributed by atoms with Crippen molar-refractivity contribution in [1.82, 2.24) is 0 Å². The van der Waals surface area contributed by atoms with Gasteiger partial charge in [-0.1, -0.05) is 6.07 Å². The monoisotopic (exact) mass is 458 g/mol. The summed E-state index contributed by atoms with van der Waals surface area (Å²) in [7, 11) is 1.58. The predicted molar refractivity (Wildman–Crippen MR) is 111 cm³/mol. The van der Waals surface area contributed by atoms with Crippen LogP contribution in [0.4, 0.5) is 0 Å². The van der Waals surface area contributed by atoms with Crippen LogP contribution in [0.3, 0.4) is 0 Å². The molecule has 0 spiro atoms. The lowest BCUT2D eigenvalue weighted by Gasteiger charge is -2.12. The third-order valence-electron chi connectivity index (χ3n) is 4.61. The standard InChI is InChI=1S/C22H19BrO6/c1-3-26-20(24)8-13-4-5-15(25-2)9-19(13)28-11-14-12-29-21-16-6-7-27-22(16)18(23)10-17(14)21/h4-7,9-10,12H,3,8,11H2,1-2H3. The van der Waals surface area contributed by atoms with Gasteiger partial charge in [-0.3, -0.25) is 4.79 Å². The van der Waals surface area contributed by atoms with Crippen LogP contribution in [0, 0.1) is 0 Å². The molecule has 0 amide bonds. The van der Waals surface area contributed by atoms with Gasteiger partial charge in [0, 0.05) is 22.6 Å². The second-order valence-corrected chi connectivity index (χ2v) is 7.26. The highest BCUT2D eigenvalue weighted by molar-refractivity contribution is 9.10. The predicted octanol–water partition coefficient (Wildman–Crippen LogP) is 5.63. The van der Waals surface area contributed by atoms with Crippen LogP contribution in [-0.2, 0) is 22.6 Å². The fraction of sp³-hybridized carbons (Fsp3) is 0.227. The van der Waals surface area contributed by atoms with Gasteiger partial charge < -0.3 is 23.0 Å². The molecule has 0 atom stereocenters. The van der Waals surface area contributed by atoms with Gasteiger partial charge >= 0.3 is 5.97 Å². The number of carbonyl (C=O) groups excluding carboxylic acids is 1. The maximum Gasteiger partial charge on any atom is 0.310 e. The zero-order valence-corrected chi connectivity index (χ0v) is 17.6. The Morgan fingerprint density at radius 2 is 1.93 bits per heavy atom. The van der Waals surface area contributed by atoms with Gasteiger partial charge in [-0.05, 0) is 41.1 Å². The molecule has 0 radical (unpaired) electrons. The fourth-order valence-electron chi connectivity index (χ4n) is 3.21. The van der Waals surface area contributed by atoms with Gasteiger partial charge in [0.1, 0.15) is 23.7 Å². The summed E-state index contributed by atoms with van der Waals surface area (Å²) in [4.78, 5) is 11.9. The van der Waals surface area contributed by atoms with E-state index >= 15 is 0 Å². The van der Waals surface area contributed by atoms with Crippen molar-refractivity contribution in [3.05, 3.63) is 58.5 Å². The van der Waals surface area contributed by atoms with E-state index in [1.807, 2.05) is 18.2 Å². The van der Waals surface area contributed by atoms with Crippen LogP contribution in [0.5, 0.6) is 11.5 Å². The summed E-state index contributed by atoms with van der Waals surface area (Å²) in [6.45, 7) is 2.39. The van der Waals surface area contributed by atoms with Gasteiger partial charge in [0.25, 0.3) is 0 Å². The average molecular weight is 459 g/mol. The highest BCUT2D eigenvalue weighted by Crippen LogP contribution is 2.36. The molecule has 150 valence electrons. The van der Waals surface area contributed by atoms with E-state index in [0.717, 1.165) is 37.5 Å². The van der Waals surface area contributed by atoms with Crippen LogP contribution >= 0.6 is 15.9 Å². The topological polar surface area (TPSA) is 71.0 Å². The van der Waals surface area contributed by atoms with Gasteiger partial charge in [0.15, 0.2) is 5.58 Å². The van der Waals surface area contributed by atoms with Gasteiger partial charge in [0.05, 0.1) is 42.5 Å². The Morgan fingerprint density at radius 1 is 1.07 bits per heavy atom. The molecule has 0 aliphatic rings. The number of methoxy groups -OCH3 is 1. The summed E-state index contributed by atoms with van der Waals surface area (Å²) in [5.41, 5.74) is 3.10. The van der Waals surface area contributed by atoms with Crippen LogP contribution in [-0.4, -0.2) is 19.7 Å². The number of hydrogen-bond donors (Lipinski definition) is 0. The van der Waals surface area contributed by atoms with Gasteiger partial charge in [-0.25, -0.2) is 0 Å². The summed E-state index contributed by atoms with van der Waals surface area (Å²) in [5, 5.41) is 1.82. The molecule has 0 aliphatic carbocycles. The molecule has 2 aromatic heterocycles. The van der Waals surface area contributed by atoms with E-state index in [1.165, 1.54) is 0 Å². The molecule has 0 fully saturated rings. The molecule has 6 nitrogen and oxygen atoms in total. The third kappa shape index (κ3) is 3.82. The van der Waals surface area contributed by atoms with Crippen molar-refractivity contribution in [2.24, 2.45) is 0 Å². The summed E-state index contributed by atoms with van der Waals surface area (Å²) in [5.74, 6) is 0.908. The van der Waals surface area contributed by atoms with Gasteiger partial charge in [-0.15, -0.1) is 0 Å². The molecular weight excluding hydrogens is 440 g/mol. The highest BCUT2D eigenvalue weighted by Gasteiger charge is 2.16. The van der Waals surface area contributed by atoms with Gasteiger partial charge in [-0.2, -0.15) is 0 Å². The van der Waals surface area contributed by atoms with E-state index < -0.39 is 0 Å². The lowest BCUT2D eigenvalue weighted by Crippen LogP contribution is -2.09. The summed E-state index contributed by atoms with van der Waals surface area (Å²) in [6.07, 6.45) is 3.43. The Hall–Kier alpha value is -2.93. The summed E-state index contributed by atoms with van der Waals surface area (Å²) >= 11 is 3.54. The number of fused-ring (bicyclic) bond motifs is 3. The van der Waals surface area contributed by atoms with Crippen molar-refractivity contribution in [2.75, 3.05) is 13.7 Å². The minimum Gasteiger partial charge on any atom is -0.497 e. The maximum absolute atomic E-state index is 11.9. The van der Waals surface area contributed by atoms with Crippen molar-refractivity contribution in [3.63, 3.8) is 0 Å². The van der Waals surface area contributed by atoms with Crippen molar-refractivity contribution in [2.45, 2.75) is 20.0 Å². The smallest absolute Gasteiger partial charge is 0.310 e. The summed E-state index contributed by atoms with van der Waals surface area (Å²) < 4.78 is 28.5. The number of rotatable bonds is 7. The third-order valence-corrected chi connectivity index (χ3v) is 5.19. The molecule has 2 aromatic carbocycles. The molecule has 0 bridgehead atoms. The van der Waals surface area contributed by atoms with Crippen molar-refractivity contribution in [1.29, 1.82) is 0 Å². The van der Waals surface area contributed by atoms with Gasteiger partial charge in [0.2, 0.25) is 0 Å². The first-order chi connectivity index (χ1) is 14.1. The van der Waals surface area contributed by atoms with E-state index in [2.05, 4.69) is 15.9 Å². The Bertz CT molecular complexity index is 1170. The SMILES string of the molecule is CCOC(=O)Cc1ccc(OC)cc1OCc1coc2c1cc(Br)c1occc12. The number of benzene rings is 2. The Balaban J connectivity index is 1.63. The average Bonchev–Trinajstić information content (AvgIpc) is 3.35. The Labute approximate surface area is 175 Å². The lowest BCUT2D eigenvalue weighted by molar-refractivity contribution is -0.142. The Morgan fingerprint density at radius 3 is 2.72 bits per heavy atom. The molecule has 0 aliphatic heterocycles. The minimum atomic E-state index is -0.303. The van der Waals surface area contributed by atoms with Crippen molar-refractivity contribution >= 4 is 43.8 Å². The molecule has 4 aromatic rings. The number of ether oxygens (including phenoxy) is 3. The number of carbonyl (C=O) groups is 1. The number of hydrogen-bond acceptors (Lipinski definition) is 6. The molecule has 2 heterocycles. The first-order valence-corrected chi connectivity index (χ1v) is 9.91. The van der Waals surface area contributed by atoms with Crippen LogP contribution in [0.1, 0.15) is 18.1 Å². The number of halogens is 1. The van der Waals surface area contributed by atoms with Crippen molar-refractivity contribution < 1.29 is 27.8 Å². The molecule has 0 saturated heterocycles. The van der Waals surface area contributed by atoms with Crippen LogP contribution in [0.15, 0.2) is 56.2 Å². The molecule has 0 N–H and O–H groups in total. The largest absolute Gasteiger partial charge is 0.497 e. The number of furan rings is 2. The quantitative estimate of drug-likeness (QED) is 0.334. The zero-order chi connectivity index (χ0) is 20.4. The first-order valence-electron chi connectivity index (χ1n) is 9.11. The maximum atomic E-state index is 11.9. The van der Waals surface area contributed by atoms with E-state index in [1.54, 1.807) is 38.7 Å². The molecular formula is C22H19BrO6. The van der Waals surface area contributed by atoms with E-state index in [4.69, 9.17) is 23.0 Å². The van der Waals surface area contributed by atoms with Crippen LogP contribution < -0.4 is 9.47 Å². The molecule has 0 unspecified atom stereocenters. The Kier molecular flexibility index (Phi) is 5.49. The fourth-order valence-corrected chi connectivity index (χ4v) is 3.75. The molecule has 29 heavy (non-hydrogen) atoms. The second-order valence-electron chi connectivity index (χ2n) is 6.40. The van der Waals surface area contributed by atoms with Crippen LogP contribution in [0.2, 0.25) is 0 Å². The second kappa shape index (κ2) is 8.21. The van der Waals surface area contributed by atoms with Crippen molar-refractivity contribution in [3.8, 4) is 11.5 Å². The zero-order valence-electron chi connectivity index (χ0n) is 16.0. The normalized spacial score (nSPS) is 11.1. The molecule has 0 saturated carbocycles. The van der Waals surface area contributed by atoms with Crippen LogP contribution in [0.25, 0.3) is 21.9 Å². The highest BCUT2D eigenvalue weighted by atomic mass is 79.9. The molecule has 4 rings (SSSR count). The molecule has 7 heteroatoms. The minimum absolute atomic E-state index is 0.125. The van der Waals surface area contributed by atoms with E-state index in [9.17, 15) is 4.79 Å². The first kappa shape index (κ1) is 19.4.